The minimum absolute atomic E-state index is 0.00667. The van der Waals surface area contributed by atoms with E-state index in [0.29, 0.717) is 22.3 Å². The van der Waals surface area contributed by atoms with E-state index in [9.17, 15) is 19.8 Å². The molecule has 0 fully saturated rings. The van der Waals surface area contributed by atoms with Gasteiger partial charge in [0.25, 0.3) is 0 Å². The van der Waals surface area contributed by atoms with E-state index >= 15 is 0 Å². The van der Waals surface area contributed by atoms with Gasteiger partial charge in [0.15, 0.2) is 0 Å². The summed E-state index contributed by atoms with van der Waals surface area (Å²) in [6.45, 7) is 13.6. The average molecular weight is 392 g/mol. The molecule has 2 aromatic carbocycles. The van der Waals surface area contributed by atoms with Gasteiger partial charge in [0.1, 0.15) is 11.5 Å². The number of aliphatic hydroxyl groups is 1. The van der Waals surface area contributed by atoms with Crippen LogP contribution in [-0.2, 0) is 15.6 Å². The van der Waals surface area contributed by atoms with E-state index in [1.807, 2.05) is 41.5 Å². The molecule has 0 unspecified atom stereocenters. The van der Waals surface area contributed by atoms with Crippen LogP contribution in [0.15, 0.2) is 30.3 Å². The number of phenolic OH excluding ortho intramolecular Hbond substituents is 1. The molecule has 2 aromatic rings. The predicted molar refractivity (Wildman–Crippen MR) is 115 cm³/mol. The van der Waals surface area contributed by atoms with Gasteiger partial charge < -0.3 is 10.2 Å². The minimum atomic E-state index is -0.731. The largest absolute Gasteiger partial charge is 0.507 e. The number of aryl methyl sites for hydroxylation is 1. The van der Waals surface area contributed by atoms with Crippen LogP contribution in [0.1, 0.15) is 79.7 Å². The number of aliphatic hydroxyl groups excluding tert-OH is 1. The number of phenols is 1. The van der Waals surface area contributed by atoms with Gasteiger partial charge in [-0.2, -0.15) is 0 Å². The highest BCUT2D eigenvalue weighted by Gasteiger charge is 2.36. The zero-order valence-electron chi connectivity index (χ0n) is 18.1. The van der Waals surface area contributed by atoms with Crippen molar-refractivity contribution in [2.24, 2.45) is 0 Å². The number of carbonyl (C=O) groups excluding carboxylic acids is 2. The Morgan fingerprint density at radius 3 is 1.79 bits per heavy atom. The lowest BCUT2D eigenvalue weighted by Crippen LogP contribution is -2.25. The van der Waals surface area contributed by atoms with E-state index in [4.69, 9.17) is 0 Å². The number of ketones is 2. The Morgan fingerprint density at radius 2 is 1.31 bits per heavy atom. The van der Waals surface area contributed by atoms with Crippen LogP contribution in [-0.4, -0.2) is 21.8 Å². The number of allylic oxidation sites excluding steroid dienone is 1. The lowest BCUT2D eigenvalue weighted by molar-refractivity contribution is -0.110. The Kier molecular flexibility index (Phi) is 4.73. The van der Waals surface area contributed by atoms with Crippen molar-refractivity contribution in [1.82, 2.24) is 0 Å². The number of Topliss-reactive ketones (excluding diaryl/α,β-unsaturated/α-hetero) is 2. The molecule has 1 aliphatic carbocycles. The fraction of sp³-hybridized carbons (Fsp3) is 0.360. The molecule has 0 bridgehead atoms. The molecule has 1 aliphatic rings. The van der Waals surface area contributed by atoms with Crippen LogP contribution in [0.4, 0.5) is 0 Å². The number of rotatable bonds is 1. The third-order valence-electron chi connectivity index (χ3n) is 5.44. The van der Waals surface area contributed by atoms with Gasteiger partial charge >= 0.3 is 0 Å². The number of benzene rings is 2. The molecule has 4 nitrogen and oxygen atoms in total. The van der Waals surface area contributed by atoms with Gasteiger partial charge in [0.2, 0.25) is 11.6 Å². The number of carbonyl (C=O) groups is 2. The van der Waals surface area contributed by atoms with Crippen molar-refractivity contribution in [2.75, 3.05) is 0 Å². The maximum atomic E-state index is 13.0. The molecule has 29 heavy (non-hydrogen) atoms. The zero-order chi connectivity index (χ0) is 21.9. The van der Waals surface area contributed by atoms with E-state index in [1.54, 1.807) is 37.3 Å². The normalized spacial score (nSPS) is 15.0. The van der Waals surface area contributed by atoms with Crippen molar-refractivity contribution in [3.63, 3.8) is 0 Å². The van der Waals surface area contributed by atoms with Gasteiger partial charge in [0.05, 0.1) is 5.57 Å². The van der Waals surface area contributed by atoms with Crippen LogP contribution in [0.5, 0.6) is 5.75 Å². The lowest BCUT2D eigenvalue weighted by Gasteiger charge is -2.29. The molecule has 0 spiro atoms. The van der Waals surface area contributed by atoms with Crippen molar-refractivity contribution in [2.45, 2.75) is 59.3 Å². The fourth-order valence-corrected chi connectivity index (χ4v) is 3.83. The van der Waals surface area contributed by atoms with Gasteiger partial charge in [0, 0.05) is 22.3 Å². The van der Waals surface area contributed by atoms with Crippen molar-refractivity contribution in [3.8, 4) is 5.75 Å². The average Bonchev–Trinajstić information content (AvgIpc) is 2.58. The monoisotopic (exact) mass is 392 g/mol. The van der Waals surface area contributed by atoms with Gasteiger partial charge in [-0.3, -0.25) is 9.59 Å². The molecule has 0 saturated heterocycles. The first-order valence-corrected chi connectivity index (χ1v) is 9.75. The molecular weight excluding hydrogens is 364 g/mol. The Bertz CT molecular complexity index is 1040. The van der Waals surface area contributed by atoms with E-state index in [-0.39, 0.29) is 22.6 Å². The first-order chi connectivity index (χ1) is 13.2. The fourth-order valence-electron chi connectivity index (χ4n) is 3.83. The van der Waals surface area contributed by atoms with E-state index in [0.717, 1.165) is 5.56 Å². The Labute approximate surface area is 171 Å². The quantitative estimate of drug-likeness (QED) is 0.630. The van der Waals surface area contributed by atoms with Gasteiger partial charge in [-0.05, 0) is 41.0 Å². The van der Waals surface area contributed by atoms with Crippen molar-refractivity contribution in [3.05, 3.63) is 63.7 Å². The summed E-state index contributed by atoms with van der Waals surface area (Å²) in [4.78, 5) is 25.8. The van der Waals surface area contributed by atoms with Crippen LogP contribution in [0, 0.1) is 6.92 Å². The highest BCUT2D eigenvalue weighted by Crippen LogP contribution is 2.43. The summed E-state index contributed by atoms with van der Waals surface area (Å²) < 4.78 is 0. The SMILES string of the molecule is Cc1cccc2c1C(O)=C(c1cc(C(C)(C)C)c(O)c(C(C)(C)C)c1)C(=O)C2=O. The van der Waals surface area contributed by atoms with Crippen LogP contribution in [0.25, 0.3) is 11.3 Å². The molecular formula is C25H28O4. The maximum Gasteiger partial charge on any atom is 0.237 e. The second-order valence-electron chi connectivity index (χ2n) is 9.80. The summed E-state index contributed by atoms with van der Waals surface area (Å²) in [7, 11) is 0. The molecule has 0 amide bonds. The summed E-state index contributed by atoms with van der Waals surface area (Å²) in [6, 6.07) is 8.49. The Morgan fingerprint density at radius 1 is 0.793 bits per heavy atom. The molecule has 0 heterocycles. The van der Waals surface area contributed by atoms with Crippen LogP contribution in [0.3, 0.4) is 0 Å². The molecule has 0 saturated carbocycles. The van der Waals surface area contributed by atoms with Crippen LogP contribution >= 0.6 is 0 Å². The first kappa shape index (κ1) is 20.8. The van der Waals surface area contributed by atoms with E-state index in [1.165, 1.54) is 0 Å². The highest BCUT2D eigenvalue weighted by atomic mass is 16.3. The molecule has 152 valence electrons. The Balaban J connectivity index is 2.41. The number of hydrogen-bond donors (Lipinski definition) is 2. The number of aromatic hydroxyl groups is 1. The molecule has 0 atom stereocenters. The lowest BCUT2D eigenvalue weighted by atomic mass is 9.76. The molecule has 0 aromatic heterocycles. The second-order valence-corrected chi connectivity index (χ2v) is 9.80. The maximum absolute atomic E-state index is 13.0. The third kappa shape index (κ3) is 3.37. The van der Waals surface area contributed by atoms with E-state index < -0.39 is 22.4 Å². The molecule has 3 rings (SSSR count). The predicted octanol–water partition coefficient (Wildman–Crippen LogP) is 5.49. The summed E-state index contributed by atoms with van der Waals surface area (Å²) in [5, 5.41) is 22.0. The summed E-state index contributed by atoms with van der Waals surface area (Å²) in [6.07, 6.45) is 0. The standard InChI is InChI=1S/C25H28O4/c1-13-9-8-10-15-18(13)22(28)19(23(29)20(15)26)14-11-16(24(2,3)4)21(27)17(12-14)25(5,6)7/h8-12,27-28H,1-7H3. The van der Waals surface area contributed by atoms with Gasteiger partial charge in [-0.15, -0.1) is 0 Å². The van der Waals surface area contributed by atoms with Gasteiger partial charge in [-0.25, -0.2) is 0 Å². The second kappa shape index (κ2) is 6.58. The molecule has 0 radical (unpaired) electrons. The zero-order valence-corrected chi connectivity index (χ0v) is 18.1. The topological polar surface area (TPSA) is 74.6 Å². The van der Waals surface area contributed by atoms with Crippen molar-refractivity contribution in [1.29, 1.82) is 0 Å². The summed E-state index contributed by atoms with van der Waals surface area (Å²) >= 11 is 0. The van der Waals surface area contributed by atoms with Crippen molar-refractivity contribution < 1.29 is 19.8 Å². The molecule has 0 aliphatic heterocycles. The minimum Gasteiger partial charge on any atom is -0.507 e. The van der Waals surface area contributed by atoms with Crippen LogP contribution in [0.2, 0.25) is 0 Å². The molecule has 2 N–H and O–H groups in total. The van der Waals surface area contributed by atoms with Gasteiger partial charge in [-0.1, -0.05) is 59.7 Å². The summed E-state index contributed by atoms with van der Waals surface area (Å²) in [5.74, 6) is -1.36. The number of hydrogen-bond acceptors (Lipinski definition) is 4. The summed E-state index contributed by atoms with van der Waals surface area (Å²) in [5.41, 5.74) is 2.32. The number of fused-ring (bicyclic) bond motifs is 1. The highest BCUT2D eigenvalue weighted by molar-refractivity contribution is 6.62. The third-order valence-corrected chi connectivity index (χ3v) is 5.44. The Hall–Kier alpha value is -2.88. The first-order valence-electron chi connectivity index (χ1n) is 9.75. The van der Waals surface area contributed by atoms with Crippen LogP contribution < -0.4 is 0 Å². The molecule has 4 heteroatoms. The smallest absolute Gasteiger partial charge is 0.237 e. The van der Waals surface area contributed by atoms with Crippen molar-refractivity contribution >= 4 is 22.9 Å². The van der Waals surface area contributed by atoms with E-state index in [2.05, 4.69) is 0 Å².